The molecular weight excluding hydrogens is 254 g/mol. The van der Waals surface area contributed by atoms with E-state index in [1.807, 2.05) is 6.92 Å². The fraction of sp³-hybridized carbons (Fsp3) is 0.417. The number of hydrogen-bond acceptors (Lipinski definition) is 5. The highest BCUT2D eigenvalue weighted by Gasteiger charge is 2.29. The van der Waals surface area contributed by atoms with E-state index in [0.29, 0.717) is 18.8 Å². The highest BCUT2D eigenvalue weighted by Crippen LogP contribution is 2.40. The summed E-state index contributed by atoms with van der Waals surface area (Å²) in [5.74, 6) is -0.625. The van der Waals surface area contributed by atoms with Gasteiger partial charge in [-0.05, 0) is 12.5 Å². The van der Waals surface area contributed by atoms with Crippen LogP contribution in [0.4, 0.5) is 5.69 Å². The van der Waals surface area contributed by atoms with E-state index in [0.717, 1.165) is 0 Å². The van der Waals surface area contributed by atoms with Crippen molar-refractivity contribution in [3.8, 4) is 11.5 Å². The number of ether oxygens (including phenoxy) is 2. The van der Waals surface area contributed by atoms with E-state index in [4.69, 9.17) is 14.6 Å². The number of nitrogens with zero attached hydrogens (tertiary/aromatic N) is 1. The van der Waals surface area contributed by atoms with Crippen LogP contribution in [-0.4, -0.2) is 28.7 Å². The number of nitro benzene ring substituents is 1. The molecule has 1 atom stereocenters. The van der Waals surface area contributed by atoms with E-state index < -0.39 is 17.3 Å². The fourth-order valence-corrected chi connectivity index (χ4v) is 1.92. The summed E-state index contributed by atoms with van der Waals surface area (Å²) in [4.78, 5) is 21.2. The summed E-state index contributed by atoms with van der Waals surface area (Å²) in [6.07, 6.45) is -0.0180. The van der Waals surface area contributed by atoms with Gasteiger partial charge in [0.05, 0.1) is 16.9 Å². The van der Waals surface area contributed by atoms with Gasteiger partial charge in [-0.1, -0.05) is 6.92 Å². The van der Waals surface area contributed by atoms with Gasteiger partial charge in [0.1, 0.15) is 12.7 Å². The summed E-state index contributed by atoms with van der Waals surface area (Å²) in [7, 11) is 0. The summed E-state index contributed by atoms with van der Waals surface area (Å²) in [5, 5.41) is 19.8. The molecule has 102 valence electrons. The predicted molar refractivity (Wildman–Crippen MR) is 64.6 cm³/mol. The standard InChI is InChI=1S/C12H13NO6/c1-2-7-6-18-10-4-3-9(13(16)17)8(5-11(14)15)12(10)19-7/h3-4,7H,2,5-6H2,1H3,(H,14,15)/t7-/m0/s1. The lowest BCUT2D eigenvalue weighted by molar-refractivity contribution is -0.385. The van der Waals surface area contributed by atoms with Crippen molar-refractivity contribution < 1.29 is 24.3 Å². The Bertz CT molecular complexity index is 527. The first-order chi connectivity index (χ1) is 9.02. The molecule has 0 saturated heterocycles. The summed E-state index contributed by atoms with van der Waals surface area (Å²) in [6.45, 7) is 2.25. The van der Waals surface area contributed by atoms with Crippen molar-refractivity contribution >= 4 is 11.7 Å². The molecule has 0 aromatic heterocycles. The average molecular weight is 267 g/mol. The van der Waals surface area contributed by atoms with Crippen molar-refractivity contribution in [2.24, 2.45) is 0 Å². The summed E-state index contributed by atoms with van der Waals surface area (Å²) >= 11 is 0. The van der Waals surface area contributed by atoms with Gasteiger partial charge >= 0.3 is 5.97 Å². The lowest BCUT2D eigenvalue weighted by Gasteiger charge is -2.27. The molecule has 1 aromatic carbocycles. The fourth-order valence-electron chi connectivity index (χ4n) is 1.92. The Morgan fingerprint density at radius 3 is 2.89 bits per heavy atom. The molecule has 0 saturated carbocycles. The smallest absolute Gasteiger partial charge is 0.308 e. The summed E-state index contributed by atoms with van der Waals surface area (Å²) in [5.41, 5.74) is -0.213. The van der Waals surface area contributed by atoms with Crippen LogP contribution in [0.5, 0.6) is 11.5 Å². The van der Waals surface area contributed by atoms with Crippen molar-refractivity contribution in [1.82, 2.24) is 0 Å². The van der Waals surface area contributed by atoms with Gasteiger partial charge in [-0.2, -0.15) is 0 Å². The topological polar surface area (TPSA) is 98.9 Å². The molecule has 0 amide bonds. The number of carbonyl (C=O) groups is 1. The Kier molecular flexibility index (Phi) is 3.55. The Morgan fingerprint density at radius 1 is 1.58 bits per heavy atom. The maximum Gasteiger partial charge on any atom is 0.308 e. The second-order valence-corrected chi connectivity index (χ2v) is 4.18. The highest BCUT2D eigenvalue weighted by molar-refractivity contribution is 5.75. The molecule has 0 unspecified atom stereocenters. The van der Waals surface area contributed by atoms with Crippen LogP contribution in [0, 0.1) is 10.1 Å². The maximum atomic E-state index is 11.0. The van der Waals surface area contributed by atoms with Gasteiger partial charge in [-0.15, -0.1) is 0 Å². The van der Waals surface area contributed by atoms with Crippen molar-refractivity contribution in [2.75, 3.05) is 6.61 Å². The number of benzene rings is 1. The van der Waals surface area contributed by atoms with Crippen LogP contribution in [0.1, 0.15) is 18.9 Å². The number of nitro groups is 1. The second-order valence-electron chi connectivity index (χ2n) is 4.18. The molecule has 0 fully saturated rings. The normalized spacial score (nSPS) is 17.0. The number of carboxylic acids is 1. The van der Waals surface area contributed by atoms with Crippen LogP contribution in [0.3, 0.4) is 0 Å². The molecule has 7 heteroatoms. The van der Waals surface area contributed by atoms with Gasteiger partial charge in [0.2, 0.25) is 0 Å². The number of rotatable bonds is 4. The molecule has 1 aromatic rings. The third-order valence-corrected chi connectivity index (χ3v) is 2.89. The van der Waals surface area contributed by atoms with E-state index in [2.05, 4.69) is 0 Å². The molecule has 1 N–H and O–H groups in total. The first-order valence-electron chi connectivity index (χ1n) is 5.84. The number of carboxylic acid groups (broad SMARTS) is 1. The second kappa shape index (κ2) is 5.13. The molecule has 1 aliphatic rings. The van der Waals surface area contributed by atoms with Crippen molar-refractivity contribution in [2.45, 2.75) is 25.9 Å². The van der Waals surface area contributed by atoms with Crippen molar-refractivity contribution in [3.05, 3.63) is 27.8 Å². The summed E-state index contributed by atoms with van der Waals surface area (Å²) in [6, 6.07) is 2.68. The Labute approximate surface area is 108 Å². The van der Waals surface area contributed by atoms with Crippen LogP contribution < -0.4 is 9.47 Å². The molecule has 0 aliphatic carbocycles. The first kappa shape index (κ1) is 13.1. The predicted octanol–water partition coefficient (Wildman–Crippen LogP) is 1.77. The van der Waals surface area contributed by atoms with Crippen LogP contribution in [0.2, 0.25) is 0 Å². The van der Waals surface area contributed by atoms with Gasteiger partial charge in [-0.25, -0.2) is 0 Å². The number of hydrogen-bond donors (Lipinski definition) is 1. The molecule has 0 spiro atoms. The lowest BCUT2D eigenvalue weighted by atomic mass is 10.1. The van der Waals surface area contributed by atoms with Crippen LogP contribution >= 0.6 is 0 Å². The zero-order valence-electron chi connectivity index (χ0n) is 10.3. The van der Waals surface area contributed by atoms with E-state index in [9.17, 15) is 14.9 Å². The molecule has 2 rings (SSSR count). The molecule has 0 bridgehead atoms. The Balaban J connectivity index is 2.51. The minimum absolute atomic E-state index is 0.0492. The Hall–Kier alpha value is -2.31. The molecule has 7 nitrogen and oxygen atoms in total. The zero-order valence-corrected chi connectivity index (χ0v) is 10.3. The molecule has 1 heterocycles. The van der Waals surface area contributed by atoms with E-state index in [1.165, 1.54) is 12.1 Å². The Morgan fingerprint density at radius 2 is 2.32 bits per heavy atom. The monoisotopic (exact) mass is 267 g/mol. The quantitative estimate of drug-likeness (QED) is 0.659. The van der Waals surface area contributed by atoms with E-state index in [-0.39, 0.29) is 23.1 Å². The summed E-state index contributed by atoms with van der Waals surface area (Å²) < 4.78 is 11.1. The van der Waals surface area contributed by atoms with E-state index >= 15 is 0 Å². The van der Waals surface area contributed by atoms with Crippen LogP contribution in [0.25, 0.3) is 0 Å². The highest BCUT2D eigenvalue weighted by atomic mass is 16.6. The van der Waals surface area contributed by atoms with Crippen LogP contribution in [0.15, 0.2) is 12.1 Å². The van der Waals surface area contributed by atoms with Gasteiger partial charge in [0.25, 0.3) is 5.69 Å². The molecule has 19 heavy (non-hydrogen) atoms. The van der Waals surface area contributed by atoms with Gasteiger partial charge in [0.15, 0.2) is 11.5 Å². The SMILES string of the molecule is CC[C@H]1COc2ccc([N+](=O)[O-])c(CC(=O)O)c2O1. The number of fused-ring (bicyclic) bond motifs is 1. The van der Waals surface area contributed by atoms with Crippen molar-refractivity contribution in [3.63, 3.8) is 0 Å². The third-order valence-electron chi connectivity index (χ3n) is 2.89. The largest absolute Gasteiger partial charge is 0.486 e. The minimum Gasteiger partial charge on any atom is -0.486 e. The van der Waals surface area contributed by atoms with Crippen LogP contribution in [-0.2, 0) is 11.2 Å². The first-order valence-corrected chi connectivity index (χ1v) is 5.84. The molecular formula is C12H13NO6. The number of aliphatic carboxylic acids is 1. The van der Waals surface area contributed by atoms with Gasteiger partial charge in [0, 0.05) is 6.07 Å². The third kappa shape index (κ3) is 2.59. The molecule has 1 aliphatic heterocycles. The minimum atomic E-state index is -1.15. The lowest BCUT2D eigenvalue weighted by Crippen LogP contribution is -2.29. The van der Waals surface area contributed by atoms with E-state index in [1.54, 1.807) is 0 Å². The van der Waals surface area contributed by atoms with Crippen molar-refractivity contribution in [1.29, 1.82) is 0 Å². The van der Waals surface area contributed by atoms with Gasteiger partial charge in [-0.3, -0.25) is 14.9 Å². The molecule has 0 radical (unpaired) electrons. The average Bonchev–Trinajstić information content (AvgIpc) is 2.37. The zero-order chi connectivity index (χ0) is 14.0. The maximum absolute atomic E-state index is 11.0. The van der Waals surface area contributed by atoms with Gasteiger partial charge < -0.3 is 14.6 Å².